The lowest BCUT2D eigenvalue weighted by Gasteiger charge is -2.10. The smallest absolute Gasteiger partial charge is 0.192 e. The molecule has 0 aliphatic rings. The fraction of sp³-hybridized carbons (Fsp3) is 0.150. The van der Waals surface area contributed by atoms with Crippen LogP contribution in [0.1, 0.15) is 10.4 Å². The summed E-state index contributed by atoms with van der Waals surface area (Å²) in [6.07, 6.45) is 1.77. The molecule has 27 heavy (non-hydrogen) atoms. The van der Waals surface area contributed by atoms with Crippen molar-refractivity contribution in [2.75, 3.05) is 12.9 Å². The van der Waals surface area contributed by atoms with Crippen LogP contribution in [0.4, 0.5) is 0 Å². The number of thioether (sulfide) groups is 1. The second-order valence-electron chi connectivity index (χ2n) is 5.60. The summed E-state index contributed by atoms with van der Waals surface area (Å²) in [6, 6.07) is 14.6. The van der Waals surface area contributed by atoms with E-state index in [2.05, 4.69) is 16.8 Å². The van der Waals surface area contributed by atoms with Crippen molar-refractivity contribution in [2.45, 2.75) is 11.7 Å². The predicted molar refractivity (Wildman–Crippen MR) is 109 cm³/mol. The van der Waals surface area contributed by atoms with Crippen LogP contribution in [0.2, 0.25) is 5.02 Å². The molecule has 0 aliphatic heterocycles. The monoisotopic (exact) mass is 399 g/mol. The van der Waals surface area contributed by atoms with E-state index < -0.39 is 0 Å². The van der Waals surface area contributed by atoms with Crippen LogP contribution >= 0.6 is 23.4 Å². The number of nitrogens with zero attached hydrogens (tertiary/aromatic N) is 3. The van der Waals surface area contributed by atoms with E-state index in [-0.39, 0.29) is 11.5 Å². The molecule has 0 amide bonds. The molecule has 0 bridgehead atoms. The Morgan fingerprint density at radius 2 is 1.96 bits per heavy atom. The van der Waals surface area contributed by atoms with Crippen molar-refractivity contribution in [3.63, 3.8) is 0 Å². The highest BCUT2D eigenvalue weighted by molar-refractivity contribution is 7.99. The first-order chi connectivity index (χ1) is 13.2. The van der Waals surface area contributed by atoms with Crippen LogP contribution in [-0.4, -0.2) is 33.4 Å². The Kier molecular flexibility index (Phi) is 6.32. The normalized spacial score (nSPS) is 10.6. The molecule has 138 valence electrons. The van der Waals surface area contributed by atoms with Gasteiger partial charge in [0.2, 0.25) is 0 Å². The number of hydrogen-bond donors (Lipinski definition) is 0. The Morgan fingerprint density at radius 1 is 1.22 bits per heavy atom. The van der Waals surface area contributed by atoms with Gasteiger partial charge in [0.25, 0.3) is 0 Å². The van der Waals surface area contributed by atoms with Gasteiger partial charge in [-0.1, -0.05) is 53.7 Å². The first kappa shape index (κ1) is 19.2. The van der Waals surface area contributed by atoms with E-state index in [1.54, 1.807) is 37.5 Å². The molecular formula is C20H18ClN3O2S. The van der Waals surface area contributed by atoms with E-state index in [1.165, 1.54) is 11.8 Å². The van der Waals surface area contributed by atoms with Gasteiger partial charge in [0.05, 0.1) is 23.4 Å². The van der Waals surface area contributed by atoms with Crippen LogP contribution in [0.3, 0.4) is 0 Å². The summed E-state index contributed by atoms with van der Waals surface area (Å²) in [6.45, 7) is 4.32. The van der Waals surface area contributed by atoms with Gasteiger partial charge in [-0.05, 0) is 24.3 Å². The third kappa shape index (κ3) is 4.23. The quantitative estimate of drug-likeness (QED) is 0.310. The van der Waals surface area contributed by atoms with Crippen LogP contribution in [0, 0.1) is 0 Å². The molecule has 0 atom stereocenters. The van der Waals surface area contributed by atoms with Gasteiger partial charge in [0.15, 0.2) is 16.8 Å². The van der Waals surface area contributed by atoms with Crippen LogP contribution in [0.5, 0.6) is 5.75 Å². The van der Waals surface area contributed by atoms with E-state index in [9.17, 15) is 4.79 Å². The average molecular weight is 400 g/mol. The Bertz CT molecular complexity index is 971. The number of ketones is 1. The summed E-state index contributed by atoms with van der Waals surface area (Å²) in [5, 5.41) is 9.66. The highest BCUT2D eigenvalue weighted by Gasteiger charge is 2.18. The molecule has 3 rings (SSSR count). The van der Waals surface area contributed by atoms with E-state index in [0.717, 1.165) is 5.56 Å². The maximum atomic E-state index is 12.5. The molecule has 5 nitrogen and oxygen atoms in total. The van der Waals surface area contributed by atoms with Crippen LogP contribution in [0.25, 0.3) is 11.4 Å². The van der Waals surface area contributed by atoms with E-state index >= 15 is 0 Å². The average Bonchev–Trinajstić information content (AvgIpc) is 3.09. The van der Waals surface area contributed by atoms with Crippen molar-refractivity contribution in [3.05, 3.63) is 71.8 Å². The van der Waals surface area contributed by atoms with E-state index in [1.807, 2.05) is 28.8 Å². The molecular weight excluding hydrogens is 382 g/mol. The Morgan fingerprint density at radius 3 is 2.70 bits per heavy atom. The van der Waals surface area contributed by atoms with Gasteiger partial charge in [0.1, 0.15) is 5.75 Å². The number of benzene rings is 2. The van der Waals surface area contributed by atoms with Crippen LogP contribution in [-0.2, 0) is 6.54 Å². The number of Topliss-reactive ketones (excluding diaryl/α,β-unsaturated/α-hetero) is 1. The second kappa shape index (κ2) is 8.88. The van der Waals surface area contributed by atoms with Crippen molar-refractivity contribution < 1.29 is 9.53 Å². The topological polar surface area (TPSA) is 57.0 Å². The van der Waals surface area contributed by atoms with Gasteiger partial charge in [-0.3, -0.25) is 9.36 Å². The number of carbonyl (C=O) groups is 1. The van der Waals surface area contributed by atoms with Gasteiger partial charge in [-0.25, -0.2) is 0 Å². The number of rotatable bonds is 8. The molecule has 0 fully saturated rings. The number of methoxy groups -OCH3 is 1. The zero-order valence-electron chi connectivity index (χ0n) is 14.8. The molecule has 3 aromatic rings. The SMILES string of the molecule is C=CCn1c(SCC(=O)c2ccccc2Cl)nnc1-c1ccccc1OC. The summed E-state index contributed by atoms with van der Waals surface area (Å²) >= 11 is 7.43. The minimum Gasteiger partial charge on any atom is -0.496 e. The fourth-order valence-corrected chi connectivity index (χ4v) is 3.69. The molecule has 0 radical (unpaired) electrons. The van der Waals surface area contributed by atoms with Gasteiger partial charge < -0.3 is 4.74 Å². The largest absolute Gasteiger partial charge is 0.496 e. The third-order valence-electron chi connectivity index (χ3n) is 3.88. The van der Waals surface area contributed by atoms with Gasteiger partial charge >= 0.3 is 0 Å². The number of ether oxygens (including phenoxy) is 1. The molecule has 0 aliphatic carbocycles. The standard InChI is InChI=1S/C20H18ClN3O2S/c1-3-12-24-19(15-9-5-7-11-18(15)26-2)22-23-20(24)27-13-17(25)14-8-4-6-10-16(14)21/h3-11H,1,12-13H2,2H3. The minimum absolute atomic E-state index is 0.0578. The lowest BCUT2D eigenvalue weighted by molar-refractivity contribution is 0.102. The Balaban J connectivity index is 1.86. The maximum Gasteiger partial charge on any atom is 0.192 e. The van der Waals surface area contributed by atoms with E-state index in [4.69, 9.17) is 16.3 Å². The first-order valence-electron chi connectivity index (χ1n) is 8.23. The third-order valence-corrected chi connectivity index (χ3v) is 5.18. The van der Waals surface area contributed by atoms with Crippen molar-refractivity contribution in [3.8, 4) is 17.1 Å². The molecule has 2 aromatic carbocycles. The molecule has 1 heterocycles. The summed E-state index contributed by atoms with van der Waals surface area (Å²) in [7, 11) is 1.62. The molecule has 0 N–H and O–H groups in total. The van der Waals surface area contributed by atoms with Crippen molar-refractivity contribution in [2.24, 2.45) is 0 Å². The highest BCUT2D eigenvalue weighted by atomic mass is 35.5. The summed E-state index contributed by atoms with van der Waals surface area (Å²) < 4.78 is 7.34. The molecule has 1 aromatic heterocycles. The van der Waals surface area contributed by atoms with Crippen molar-refractivity contribution >= 4 is 29.1 Å². The minimum atomic E-state index is -0.0578. The Labute approximate surface area is 167 Å². The molecule has 0 saturated carbocycles. The Hall–Kier alpha value is -2.57. The molecule has 0 unspecified atom stereocenters. The zero-order chi connectivity index (χ0) is 19.2. The van der Waals surface area contributed by atoms with E-state index in [0.29, 0.717) is 33.9 Å². The molecule has 0 spiro atoms. The maximum absolute atomic E-state index is 12.5. The zero-order valence-corrected chi connectivity index (χ0v) is 16.3. The van der Waals surface area contributed by atoms with Crippen molar-refractivity contribution in [1.29, 1.82) is 0 Å². The first-order valence-corrected chi connectivity index (χ1v) is 9.60. The number of hydrogen-bond acceptors (Lipinski definition) is 5. The summed E-state index contributed by atoms with van der Waals surface area (Å²) in [5.41, 5.74) is 1.34. The van der Waals surface area contributed by atoms with Crippen LogP contribution in [0.15, 0.2) is 66.3 Å². The number of para-hydroxylation sites is 1. The highest BCUT2D eigenvalue weighted by Crippen LogP contribution is 2.31. The van der Waals surface area contributed by atoms with Gasteiger partial charge in [-0.2, -0.15) is 0 Å². The number of aromatic nitrogens is 3. The summed E-state index contributed by atoms with van der Waals surface area (Å²) in [4.78, 5) is 12.5. The van der Waals surface area contributed by atoms with Gasteiger partial charge in [-0.15, -0.1) is 16.8 Å². The molecule has 7 heteroatoms. The number of halogens is 1. The number of carbonyl (C=O) groups excluding carboxylic acids is 1. The fourth-order valence-electron chi connectivity index (χ4n) is 2.61. The van der Waals surface area contributed by atoms with Crippen LogP contribution < -0.4 is 4.74 Å². The lowest BCUT2D eigenvalue weighted by atomic mass is 10.1. The second-order valence-corrected chi connectivity index (χ2v) is 6.95. The predicted octanol–water partition coefficient (Wildman–Crippen LogP) is 4.77. The lowest BCUT2D eigenvalue weighted by Crippen LogP contribution is -2.06. The summed E-state index contributed by atoms with van der Waals surface area (Å²) in [5.74, 6) is 1.53. The molecule has 0 saturated heterocycles. The van der Waals surface area contributed by atoms with Gasteiger partial charge in [0, 0.05) is 12.1 Å². The number of allylic oxidation sites excluding steroid dienone is 1. The van der Waals surface area contributed by atoms with Crippen molar-refractivity contribution in [1.82, 2.24) is 14.8 Å².